The Balaban J connectivity index is 2.38. The van der Waals surface area contributed by atoms with Crippen LogP contribution in [0.5, 0.6) is 5.75 Å². The molecule has 182 valence electrons. The minimum atomic E-state index is -1.24. The van der Waals surface area contributed by atoms with E-state index in [1.165, 1.54) is 57.8 Å². The van der Waals surface area contributed by atoms with E-state index in [1.54, 1.807) is 6.07 Å². The maximum absolute atomic E-state index is 13.0. The van der Waals surface area contributed by atoms with Gasteiger partial charge in [0, 0.05) is 0 Å². The van der Waals surface area contributed by atoms with Crippen LogP contribution in [-0.4, -0.2) is 18.5 Å². The van der Waals surface area contributed by atoms with Crippen LogP contribution in [0, 0.1) is 19.3 Å². The summed E-state index contributed by atoms with van der Waals surface area (Å²) in [5, 5.41) is 0. The van der Waals surface area contributed by atoms with Crippen LogP contribution in [0.4, 0.5) is 0 Å². The quantitative estimate of drug-likeness (QED) is 0.106. The van der Waals surface area contributed by atoms with Gasteiger partial charge in [0.25, 0.3) is 0 Å². The summed E-state index contributed by atoms with van der Waals surface area (Å²) in [5.41, 5.74) is 0.720. The fourth-order valence-corrected chi connectivity index (χ4v) is 4.01. The molecular formula is C28H46O4. The summed E-state index contributed by atoms with van der Waals surface area (Å²) in [6.07, 6.45) is 14.4. The van der Waals surface area contributed by atoms with E-state index in [4.69, 9.17) is 9.47 Å². The molecule has 0 N–H and O–H groups in total. The number of aryl methyl sites for hydroxylation is 1. The molecule has 0 unspecified atom stereocenters. The first-order chi connectivity index (χ1) is 15.4. The van der Waals surface area contributed by atoms with Crippen molar-refractivity contribution in [3.8, 4) is 5.75 Å². The Morgan fingerprint density at radius 3 is 1.81 bits per heavy atom. The van der Waals surface area contributed by atoms with Crippen molar-refractivity contribution in [3.05, 3.63) is 29.3 Å². The van der Waals surface area contributed by atoms with Crippen LogP contribution >= 0.6 is 0 Å². The lowest BCUT2D eigenvalue weighted by Crippen LogP contribution is -2.42. The van der Waals surface area contributed by atoms with Gasteiger partial charge in [-0.1, -0.05) is 97.1 Å². The molecule has 0 fully saturated rings. The highest BCUT2D eigenvalue weighted by molar-refractivity contribution is 6.00. The van der Waals surface area contributed by atoms with Crippen molar-refractivity contribution < 1.29 is 19.1 Å². The fourth-order valence-electron chi connectivity index (χ4n) is 4.01. The Kier molecular flexibility index (Phi) is 14.0. The second-order valence-electron chi connectivity index (χ2n) is 9.05. The highest BCUT2D eigenvalue weighted by atomic mass is 16.6. The van der Waals surface area contributed by atoms with Crippen LogP contribution in [0.2, 0.25) is 0 Å². The summed E-state index contributed by atoms with van der Waals surface area (Å²) in [6, 6.07) is 5.60. The highest BCUT2D eigenvalue weighted by Crippen LogP contribution is 2.32. The normalized spacial score (nSPS) is 11.4. The van der Waals surface area contributed by atoms with E-state index in [1.807, 2.05) is 39.8 Å². The van der Waals surface area contributed by atoms with Gasteiger partial charge < -0.3 is 9.47 Å². The Morgan fingerprint density at radius 2 is 1.28 bits per heavy atom. The Morgan fingerprint density at radius 1 is 0.750 bits per heavy atom. The largest absolute Gasteiger partial charge is 0.465 e. The summed E-state index contributed by atoms with van der Waals surface area (Å²) in [5.74, 6) is -0.454. The number of ether oxygens (including phenoxy) is 2. The number of carbonyl (C=O) groups excluding carboxylic acids is 2. The Bertz CT molecular complexity index is 676. The van der Waals surface area contributed by atoms with Crippen molar-refractivity contribution in [2.24, 2.45) is 5.41 Å². The number of hydrogen-bond donors (Lipinski definition) is 0. The molecule has 1 rings (SSSR count). The van der Waals surface area contributed by atoms with Crippen LogP contribution in [0.15, 0.2) is 18.2 Å². The molecule has 0 aromatic heterocycles. The molecule has 0 radical (unpaired) electrons. The van der Waals surface area contributed by atoms with Crippen LogP contribution in [0.1, 0.15) is 115 Å². The second-order valence-corrected chi connectivity index (χ2v) is 9.05. The van der Waals surface area contributed by atoms with E-state index < -0.39 is 17.4 Å². The Hall–Kier alpha value is -1.84. The molecule has 0 aliphatic heterocycles. The van der Waals surface area contributed by atoms with Gasteiger partial charge in [0.1, 0.15) is 5.75 Å². The van der Waals surface area contributed by atoms with E-state index in [0.717, 1.165) is 24.0 Å². The molecule has 0 heterocycles. The van der Waals surface area contributed by atoms with Crippen molar-refractivity contribution in [2.75, 3.05) is 6.61 Å². The average molecular weight is 447 g/mol. The standard InChI is InChI=1S/C28H46O4/c1-6-9-10-11-12-13-14-15-16-17-18-22-31-26(29)28(7-2,8-3)27(30)32-25-21-19-20-23(4)24(25)5/h19-21H,6-18,22H2,1-5H3. The maximum atomic E-state index is 13.0. The highest BCUT2D eigenvalue weighted by Gasteiger charge is 2.46. The molecular weight excluding hydrogens is 400 g/mol. The summed E-state index contributed by atoms with van der Waals surface area (Å²) in [6.45, 7) is 10.2. The van der Waals surface area contributed by atoms with Gasteiger partial charge in [0.05, 0.1) is 6.61 Å². The zero-order valence-electron chi connectivity index (χ0n) is 21.3. The van der Waals surface area contributed by atoms with E-state index in [2.05, 4.69) is 6.92 Å². The first kappa shape index (κ1) is 28.2. The molecule has 1 aromatic carbocycles. The van der Waals surface area contributed by atoms with E-state index in [0.29, 0.717) is 25.2 Å². The van der Waals surface area contributed by atoms with Crippen LogP contribution in [0.25, 0.3) is 0 Å². The van der Waals surface area contributed by atoms with Crippen molar-refractivity contribution in [1.29, 1.82) is 0 Å². The first-order valence-electron chi connectivity index (χ1n) is 12.9. The topological polar surface area (TPSA) is 52.6 Å². The molecule has 0 bridgehead atoms. The SMILES string of the molecule is CCCCCCCCCCCCCOC(=O)C(CC)(CC)C(=O)Oc1cccc(C)c1C. The third-order valence-corrected chi connectivity index (χ3v) is 6.73. The van der Waals surface area contributed by atoms with Gasteiger partial charge in [-0.15, -0.1) is 0 Å². The van der Waals surface area contributed by atoms with Crippen molar-refractivity contribution in [3.63, 3.8) is 0 Å². The third-order valence-electron chi connectivity index (χ3n) is 6.73. The molecule has 4 heteroatoms. The van der Waals surface area contributed by atoms with Gasteiger partial charge in [-0.3, -0.25) is 9.59 Å². The molecule has 0 spiro atoms. The van der Waals surface area contributed by atoms with Crippen molar-refractivity contribution in [1.82, 2.24) is 0 Å². The van der Waals surface area contributed by atoms with Gasteiger partial charge in [-0.2, -0.15) is 0 Å². The minimum absolute atomic E-state index is 0.365. The average Bonchev–Trinajstić information content (AvgIpc) is 2.79. The molecule has 0 saturated carbocycles. The third kappa shape index (κ3) is 8.96. The van der Waals surface area contributed by atoms with Crippen molar-refractivity contribution in [2.45, 2.75) is 118 Å². The molecule has 4 nitrogen and oxygen atoms in total. The fraction of sp³-hybridized carbons (Fsp3) is 0.714. The molecule has 1 aromatic rings. The van der Waals surface area contributed by atoms with Gasteiger partial charge in [-0.25, -0.2) is 0 Å². The van der Waals surface area contributed by atoms with Crippen LogP contribution in [0.3, 0.4) is 0 Å². The van der Waals surface area contributed by atoms with Gasteiger partial charge >= 0.3 is 11.9 Å². The van der Waals surface area contributed by atoms with Gasteiger partial charge in [0.15, 0.2) is 5.41 Å². The number of esters is 2. The maximum Gasteiger partial charge on any atom is 0.328 e. The van der Waals surface area contributed by atoms with E-state index in [-0.39, 0.29) is 0 Å². The summed E-state index contributed by atoms with van der Waals surface area (Å²) < 4.78 is 11.2. The summed E-state index contributed by atoms with van der Waals surface area (Å²) in [7, 11) is 0. The van der Waals surface area contributed by atoms with E-state index in [9.17, 15) is 9.59 Å². The number of rotatable bonds is 17. The lowest BCUT2D eigenvalue weighted by molar-refractivity contribution is -0.168. The second kappa shape index (κ2) is 15.9. The smallest absolute Gasteiger partial charge is 0.328 e. The predicted molar refractivity (Wildman–Crippen MR) is 132 cm³/mol. The minimum Gasteiger partial charge on any atom is -0.465 e. The van der Waals surface area contributed by atoms with Crippen molar-refractivity contribution >= 4 is 11.9 Å². The first-order valence-corrected chi connectivity index (χ1v) is 12.9. The Labute approximate surface area is 196 Å². The predicted octanol–water partition coefficient (Wildman–Crippen LogP) is 7.87. The molecule has 0 aliphatic carbocycles. The van der Waals surface area contributed by atoms with E-state index >= 15 is 0 Å². The number of benzene rings is 1. The molecule has 0 amide bonds. The number of carbonyl (C=O) groups is 2. The van der Waals surface area contributed by atoms with Gasteiger partial charge in [-0.05, 0) is 50.3 Å². The zero-order chi connectivity index (χ0) is 23.8. The van der Waals surface area contributed by atoms with Crippen LogP contribution in [-0.2, 0) is 14.3 Å². The zero-order valence-corrected chi connectivity index (χ0v) is 21.3. The lowest BCUT2D eigenvalue weighted by atomic mass is 9.82. The number of unbranched alkanes of at least 4 members (excludes halogenated alkanes) is 10. The monoisotopic (exact) mass is 446 g/mol. The molecule has 0 atom stereocenters. The lowest BCUT2D eigenvalue weighted by Gasteiger charge is -2.27. The van der Waals surface area contributed by atoms with Crippen LogP contribution < -0.4 is 4.74 Å². The number of hydrogen-bond acceptors (Lipinski definition) is 4. The summed E-state index contributed by atoms with van der Waals surface area (Å²) in [4.78, 5) is 25.9. The molecule has 32 heavy (non-hydrogen) atoms. The molecule has 0 saturated heterocycles. The van der Waals surface area contributed by atoms with Gasteiger partial charge in [0.2, 0.25) is 0 Å². The summed E-state index contributed by atoms with van der Waals surface area (Å²) >= 11 is 0. The molecule has 0 aliphatic rings.